The molecular formula is C17H12NO6S-. The van der Waals surface area contributed by atoms with Gasteiger partial charge in [0.2, 0.25) is 0 Å². The molecule has 0 fully saturated rings. The van der Waals surface area contributed by atoms with Gasteiger partial charge in [-0.2, -0.15) is 0 Å². The van der Waals surface area contributed by atoms with Gasteiger partial charge in [-0.3, -0.25) is 4.72 Å². The molecule has 128 valence electrons. The number of sulfonamides is 1. The lowest BCUT2D eigenvalue weighted by molar-refractivity contribution is -0.268. The minimum absolute atomic E-state index is 0.00224. The van der Waals surface area contributed by atoms with E-state index in [1.165, 1.54) is 12.1 Å². The molecule has 0 radical (unpaired) electrons. The number of aromatic carboxylic acids is 1. The van der Waals surface area contributed by atoms with E-state index in [2.05, 4.69) is 4.72 Å². The number of carbonyl (C=O) groups is 1. The van der Waals surface area contributed by atoms with Crippen molar-refractivity contribution in [2.75, 3.05) is 4.72 Å². The zero-order valence-corrected chi connectivity index (χ0v) is 13.4. The summed E-state index contributed by atoms with van der Waals surface area (Å²) in [5.41, 5.74) is -0.407. The maximum Gasteiger partial charge on any atom is 0.335 e. The summed E-state index contributed by atoms with van der Waals surface area (Å²) in [6.07, 6.45) is 0. The molecule has 3 N–H and O–H groups in total. The Kier molecular flexibility index (Phi) is 3.97. The van der Waals surface area contributed by atoms with Crippen molar-refractivity contribution in [1.29, 1.82) is 0 Å². The molecule has 0 aliphatic rings. The topological polar surface area (TPSA) is 127 Å². The van der Waals surface area contributed by atoms with E-state index in [0.717, 1.165) is 18.2 Å². The summed E-state index contributed by atoms with van der Waals surface area (Å²) in [7, 11) is -4.12. The summed E-state index contributed by atoms with van der Waals surface area (Å²) in [5, 5.41) is 31.3. The highest BCUT2D eigenvalue weighted by atomic mass is 32.2. The maximum atomic E-state index is 12.5. The predicted molar refractivity (Wildman–Crippen MR) is 89.3 cm³/mol. The van der Waals surface area contributed by atoms with Gasteiger partial charge < -0.3 is 15.3 Å². The summed E-state index contributed by atoms with van der Waals surface area (Å²) < 4.78 is 27.5. The highest BCUT2D eigenvalue weighted by molar-refractivity contribution is 7.92. The van der Waals surface area contributed by atoms with E-state index < -0.39 is 27.3 Å². The third-order valence-electron chi connectivity index (χ3n) is 3.64. The second-order valence-corrected chi connectivity index (χ2v) is 6.93. The standard InChI is InChI=1S/C17H13NO6S/c19-15-8-6-14(11-3-1-2-4-12(11)15)18-25(23,24)10-5-7-16(20)13(9-10)17(21)22/h1-9,18-20H,(H,21,22)/p-1. The number of hydrogen-bond donors (Lipinski definition) is 3. The first kappa shape index (κ1) is 16.6. The Morgan fingerprint density at radius 1 is 1.00 bits per heavy atom. The maximum absolute atomic E-state index is 12.5. The van der Waals surface area contributed by atoms with Gasteiger partial charge in [0.05, 0.1) is 16.1 Å². The third kappa shape index (κ3) is 3.07. The first-order chi connectivity index (χ1) is 11.8. The van der Waals surface area contributed by atoms with Gasteiger partial charge in [-0.25, -0.2) is 13.2 Å². The number of nitrogens with one attached hydrogen (secondary N) is 1. The van der Waals surface area contributed by atoms with Crippen LogP contribution >= 0.6 is 0 Å². The van der Waals surface area contributed by atoms with Crippen LogP contribution in [0.4, 0.5) is 5.69 Å². The number of rotatable bonds is 4. The van der Waals surface area contributed by atoms with Crippen LogP contribution in [0.5, 0.6) is 11.5 Å². The molecule has 8 heteroatoms. The lowest BCUT2D eigenvalue weighted by Crippen LogP contribution is -2.15. The van der Waals surface area contributed by atoms with E-state index >= 15 is 0 Å². The highest BCUT2D eigenvalue weighted by Gasteiger charge is 2.18. The third-order valence-corrected chi connectivity index (χ3v) is 5.00. The number of phenols is 1. The number of fused-ring (bicyclic) bond motifs is 1. The SMILES string of the molecule is O=C(O)c1cc(S(=O)(=O)Nc2ccc(O)c3ccccc23)ccc1[O-]. The Morgan fingerprint density at radius 3 is 2.36 bits per heavy atom. The quantitative estimate of drug-likeness (QED) is 0.613. The first-order valence-electron chi connectivity index (χ1n) is 7.07. The highest BCUT2D eigenvalue weighted by Crippen LogP contribution is 2.32. The van der Waals surface area contributed by atoms with Crippen molar-refractivity contribution in [3.63, 3.8) is 0 Å². The summed E-state index contributed by atoms with van der Waals surface area (Å²) in [4.78, 5) is 10.7. The molecule has 0 saturated heterocycles. The smallest absolute Gasteiger partial charge is 0.335 e. The molecule has 25 heavy (non-hydrogen) atoms. The van der Waals surface area contributed by atoms with Crippen LogP contribution in [0.2, 0.25) is 0 Å². The largest absolute Gasteiger partial charge is 0.872 e. The van der Waals surface area contributed by atoms with Crippen LogP contribution in [-0.4, -0.2) is 24.6 Å². The molecule has 0 amide bonds. The number of carboxylic acids is 1. The van der Waals surface area contributed by atoms with Gasteiger partial charge in [0.1, 0.15) is 5.75 Å². The first-order valence-corrected chi connectivity index (χ1v) is 8.56. The Bertz CT molecular complexity index is 1090. The van der Waals surface area contributed by atoms with Gasteiger partial charge in [-0.05, 0) is 24.3 Å². The molecule has 3 aromatic rings. The summed E-state index contributed by atoms with van der Waals surface area (Å²) in [6, 6.07) is 12.2. The van der Waals surface area contributed by atoms with E-state index in [-0.39, 0.29) is 16.3 Å². The van der Waals surface area contributed by atoms with E-state index in [1.54, 1.807) is 24.3 Å². The molecule has 0 aliphatic heterocycles. The Labute approximate surface area is 142 Å². The Morgan fingerprint density at radius 2 is 1.68 bits per heavy atom. The van der Waals surface area contributed by atoms with Gasteiger partial charge >= 0.3 is 5.97 Å². The minimum atomic E-state index is -4.12. The van der Waals surface area contributed by atoms with E-state index in [4.69, 9.17) is 5.11 Å². The van der Waals surface area contributed by atoms with Crippen molar-refractivity contribution in [1.82, 2.24) is 0 Å². The minimum Gasteiger partial charge on any atom is -0.872 e. The fraction of sp³-hybridized carbons (Fsp3) is 0. The van der Waals surface area contributed by atoms with Crippen molar-refractivity contribution in [3.05, 3.63) is 60.2 Å². The number of anilines is 1. The summed E-state index contributed by atoms with van der Waals surface area (Å²) in [6.45, 7) is 0. The fourth-order valence-corrected chi connectivity index (χ4v) is 3.52. The molecule has 3 aromatic carbocycles. The van der Waals surface area contributed by atoms with Gasteiger partial charge in [0.15, 0.2) is 0 Å². The van der Waals surface area contributed by atoms with Crippen molar-refractivity contribution in [3.8, 4) is 11.5 Å². The van der Waals surface area contributed by atoms with Crippen LogP contribution < -0.4 is 9.83 Å². The summed E-state index contributed by atoms with van der Waals surface area (Å²) in [5.74, 6) is -2.28. The number of phenolic OH excluding ortho intramolecular Hbond substituents is 1. The Balaban J connectivity index is 2.08. The molecule has 0 unspecified atom stereocenters. The predicted octanol–water partition coefficient (Wildman–Crippen LogP) is 2.12. The van der Waals surface area contributed by atoms with Crippen LogP contribution in [0.3, 0.4) is 0 Å². The monoisotopic (exact) mass is 358 g/mol. The van der Waals surface area contributed by atoms with Crippen LogP contribution in [0.15, 0.2) is 59.5 Å². The number of benzene rings is 3. The average molecular weight is 358 g/mol. The van der Waals surface area contributed by atoms with E-state index in [9.17, 15) is 23.4 Å². The number of aromatic hydroxyl groups is 1. The van der Waals surface area contributed by atoms with Gasteiger partial charge in [0.25, 0.3) is 10.0 Å². The molecule has 3 rings (SSSR count). The van der Waals surface area contributed by atoms with Crippen molar-refractivity contribution >= 4 is 32.5 Å². The molecule has 0 spiro atoms. The molecule has 0 aliphatic carbocycles. The van der Waals surface area contributed by atoms with Crippen LogP contribution in [0.1, 0.15) is 10.4 Å². The molecule has 0 saturated carbocycles. The van der Waals surface area contributed by atoms with Crippen LogP contribution in [-0.2, 0) is 10.0 Å². The normalized spacial score (nSPS) is 11.4. The second kappa shape index (κ2) is 5.99. The van der Waals surface area contributed by atoms with Gasteiger partial charge in [0, 0.05) is 10.8 Å². The lowest BCUT2D eigenvalue weighted by atomic mass is 10.1. The molecule has 7 nitrogen and oxygen atoms in total. The molecular weight excluding hydrogens is 346 g/mol. The van der Waals surface area contributed by atoms with Crippen molar-refractivity contribution < 1.29 is 28.5 Å². The van der Waals surface area contributed by atoms with Gasteiger partial charge in [-0.15, -0.1) is 0 Å². The summed E-state index contributed by atoms with van der Waals surface area (Å²) >= 11 is 0. The fourth-order valence-electron chi connectivity index (χ4n) is 2.42. The van der Waals surface area contributed by atoms with Crippen molar-refractivity contribution in [2.24, 2.45) is 0 Å². The number of hydrogen-bond acceptors (Lipinski definition) is 5. The Hall–Kier alpha value is -3.26. The lowest BCUT2D eigenvalue weighted by Gasteiger charge is -2.14. The van der Waals surface area contributed by atoms with Crippen LogP contribution in [0, 0.1) is 0 Å². The van der Waals surface area contributed by atoms with Crippen molar-refractivity contribution in [2.45, 2.75) is 4.90 Å². The zero-order chi connectivity index (χ0) is 18.2. The molecule has 0 aromatic heterocycles. The molecule has 0 atom stereocenters. The van der Waals surface area contributed by atoms with Crippen LogP contribution in [0.25, 0.3) is 10.8 Å². The average Bonchev–Trinajstić information content (AvgIpc) is 2.57. The second-order valence-electron chi connectivity index (χ2n) is 5.25. The molecule has 0 heterocycles. The zero-order valence-electron chi connectivity index (χ0n) is 12.6. The molecule has 0 bridgehead atoms. The number of carboxylic acid groups (broad SMARTS) is 1. The van der Waals surface area contributed by atoms with E-state index in [0.29, 0.717) is 10.8 Å². The van der Waals surface area contributed by atoms with E-state index in [1.807, 2.05) is 0 Å². The van der Waals surface area contributed by atoms with Gasteiger partial charge in [-0.1, -0.05) is 36.1 Å².